The molecule has 1 N–H and O–H groups in total. The molecule has 2 heterocycles. The first-order valence-corrected chi connectivity index (χ1v) is 5.65. The lowest BCUT2D eigenvalue weighted by Gasteiger charge is -2.37. The summed E-state index contributed by atoms with van der Waals surface area (Å²) in [6.07, 6.45) is 2.69. The van der Waals surface area contributed by atoms with Gasteiger partial charge in [-0.25, -0.2) is 0 Å². The normalized spacial score (nSPS) is 25.8. The van der Waals surface area contributed by atoms with Crippen LogP contribution in [0.15, 0.2) is 16.4 Å². The predicted octanol–water partition coefficient (Wildman–Crippen LogP) is 0.0119. The van der Waals surface area contributed by atoms with Crippen molar-refractivity contribution < 1.29 is 4.79 Å². The fourth-order valence-electron chi connectivity index (χ4n) is 2.03. The van der Waals surface area contributed by atoms with E-state index >= 15 is 0 Å². The molecule has 5 heteroatoms. The third kappa shape index (κ3) is 2.03. The van der Waals surface area contributed by atoms with Gasteiger partial charge in [0.25, 0.3) is 0 Å². The van der Waals surface area contributed by atoms with Crippen molar-refractivity contribution in [3.05, 3.63) is 11.4 Å². The molecular weight excluding hydrogens is 204 g/mol. The first-order chi connectivity index (χ1) is 7.72. The van der Waals surface area contributed by atoms with Gasteiger partial charge in [-0.15, -0.1) is 0 Å². The zero-order valence-electron chi connectivity index (χ0n) is 9.81. The third-order valence-electron chi connectivity index (χ3n) is 3.28. The number of hydrogen-bond donors (Lipinski definition) is 1. The Kier molecular flexibility index (Phi) is 3.12. The van der Waals surface area contributed by atoms with Gasteiger partial charge in [0.05, 0.1) is 12.4 Å². The average molecular weight is 222 g/mol. The van der Waals surface area contributed by atoms with E-state index in [9.17, 15) is 4.79 Å². The molecule has 1 atom stereocenters. The van der Waals surface area contributed by atoms with Crippen LogP contribution in [-0.2, 0) is 4.79 Å². The van der Waals surface area contributed by atoms with E-state index in [1.165, 1.54) is 5.57 Å². The molecule has 2 aliphatic heterocycles. The number of piperazine rings is 1. The van der Waals surface area contributed by atoms with Crippen LogP contribution in [0.4, 0.5) is 0 Å². The molecule has 0 aromatic rings. The van der Waals surface area contributed by atoms with E-state index in [4.69, 9.17) is 0 Å². The van der Waals surface area contributed by atoms with Gasteiger partial charge >= 0.3 is 0 Å². The first kappa shape index (κ1) is 11.0. The van der Waals surface area contributed by atoms with Gasteiger partial charge < -0.3 is 15.1 Å². The Balaban J connectivity index is 2.03. The van der Waals surface area contributed by atoms with E-state index in [0.29, 0.717) is 0 Å². The van der Waals surface area contributed by atoms with Crippen molar-refractivity contribution in [1.82, 2.24) is 15.1 Å². The van der Waals surface area contributed by atoms with Crippen molar-refractivity contribution in [3.63, 3.8) is 0 Å². The van der Waals surface area contributed by atoms with E-state index in [-0.39, 0.29) is 6.04 Å². The Morgan fingerprint density at radius 3 is 2.75 bits per heavy atom. The maximum absolute atomic E-state index is 10.6. The lowest BCUT2D eigenvalue weighted by Crippen LogP contribution is -2.48. The Labute approximate surface area is 95.8 Å². The van der Waals surface area contributed by atoms with Gasteiger partial charge in [0.15, 0.2) is 0 Å². The molecule has 0 aliphatic carbocycles. The maximum Gasteiger partial charge on any atom is 0.209 e. The van der Waals surface area contributed by atoms with Gasteiger partial charge in [0.1, 0.15) is 5.82 Å². The number of carbonyl (C=O) groups is 1. The van der Waals surface area contributed by atoms with Crippen molar-refractivity contribution >= 4 is 12.7 Å². The third-order valence-corrected chi connectivity index (χ3v) is 3.28. The highest BCUT2D eigenvalue weighted by Crippen LogP contribution is 2.17. The summed E-state index contributed by atoms with van der Waals surface area (Å²) in [6, 6.07) is 0.250. The first-order valence-electron chi connectivity index (χ1n) is 5.65. The van der Waals surface area contributed by atoms with Crippen molar-refractivity contribution in [1.29, 1.82) is 0 Å². The number of aliphatic imine (C=N–C) groups is 1. The largest absolute Gasteiger partial charge is 0.355 e. The quantitative estimate of drug-likeness (QED) is 0.670. The van der Waals surface area contributed by atoms with Gasteiger partial charge in [-0.3, -0.25) is 9.79 Å². The summed E-state index contributed by atoms with van der Waals surface area (Å²) in [4.78, 5) is 19.0. The molecule has 2 rings (SSSR count). The van der Waals surface area contributed by atoms with Crippen LogP contribution < -0.4 is 5.32 Å². The van der Waals surface area contributed by atoms with Crippen LogP contribution in [0, 0.1) is 0 Å². The van der Waals surface area contributed by atoms with E-state index in [0.717, 1.165) is 38.4 Å². The molecule has 16 heavy (non-hydrogen) atoms. The van der Waals surface area contributed by atoms with Crippen LogP contribution in [-0.4, -0.2) is 54.8 Å². The highest BCUT2D eigenvalue weighted by molar-refractivity contribution is 5.60. The van der Waals surface area contributed by atoms with Gasteiger partial charge in [-0.05, 0) is 19.4 Å². The molecule has 0 bridgehead atoms. The second kappa shape index (κ2) is 4.55. The maximum atomic E-state index is 10.6. The van der Waals surface area contributed by atoms with Crippen molar-refractivity contribution in [3.8, 4) is 0 Å². The summed E-state index contributed by atoms with van der Waals surface area (Å²) in [6.45, 7) is 7.57. The summed E-state index contributed by atoms with van der Waals surface area (Å²) in [5, 5.41) is 3.21. The number of nitrogens with zero attached hydrogens (tertiary/aromatic N) is 3. The minimum Gasteiger partial charge on any atom is -0.355 e. The average Bonchev–Trinajstić information content (AvgIpc) is 2.33. The lowest BCUT2D eigenvalue weighted by atomic mass is 10.1. The van der Waals surface area contributed by atoms with Crippen LogP contribution in [0.3, 0.4) is 0 Å². The molecule has 1 amide bonds. The Bertz CT molecular complexity index is 329. The minimum absolute atomic E-state index is 0.250. The zero-order valence-corrected chi connectivity index (χ0v) is 9.81. The zero-order chi connectivity index (χ0) is 11.5. The SMILES string of the molecule is CC1=C(N2CCN(C=O)CC2)NC=NC1C. The molecule has 0 radical (unpaired) electrons. The lowest BCUT2D eigenvalue weighted by molar-refractivity contribution is -0.119. The highest BCUT2D eigenvalue weighted by atomic mass is 16.1. The molecule has 2 aliphatic rings. The molecule has 0 spiro atoms. The summed E-state index contributed by atoms with van der Waals surface area (Å²) in [5.41, 5.74) is 1.27. The number of nitrogens with one attached hydrogen (secondary N) is 1. The van der Waals surface area contributed by atoms with Crippen LogP contribution in [0.2, 0.25) is 0 Å². The molecule has 5 nitrogen and oxygen atoms in total. The standard InChI is InChI=1S/C11H18N4O/c1-9-10(2)12-7-13-11(9)15-5-3-14(8-16)4-6-15/h7-8,10H,3-6H2,1-2H3,(H,12,13). The molecule has 0 aromatic carbocycles. The van der Waals surface area contributed by atoms with Crippen molar-refractivity contribution in [2.45, 2.75) is 19.9 Å². The fraction of sp³-hybridized carbons (Fsp3) is 0.636. The number of rotatable bonds is 2. The number of amides is 1. The highest BCUT2D eigenvalue weighted by Gasteiger charge is 2.21. The predicted molar refractivity (Wildman–Crippen MR) is 63.0 cm³/mol. The summed E-state index contributed by atoms with van der Waals surface area (Å²) in [7, 11) is 0. The molecule has 1 saturated heterocycles. The minimum atomic E-state index is 0.250. The van der Waals surface area contributed by atoms with Crippen LogP contribution >= 0.6 is 0 Å². The number of hydrogen-bond acceptors (Lipinski definition) is 4. The van der Waals surface area contributed by atoms with Gasteiger partial charge in [0, 0.05) is 26.2 Å². The monoisotopic (exact) mass is 222 g/mol. The summed E-state index contributed by atoms with van der Waals surface area (Å²) >= 11 is 0. The van der Waals surface area contributed by atoms with Gasteiger partial charge in [0.2, 0.25) is 6.41 Å². The molecule has 88 valence electrons. The molecule has 1 unspecified atom stereocenters. The summed E-state index contributed by atoms with van der Waals surface area (Å²) < 4.78 is 0. The van der Waals surface area contributed by atoms with E-state index in [2.05, 4.69) is 29.1 Å². The fourth-order valence-corrected chi connectivity index (χ4v) is 2.03. The molecule has 0 aromatic heterocycles. The number of carbonyl (C=O) groups excluding carboxylic acids is 1. The Morgan fingerprint density at radius 1 is 1.44 bits per heavy atom. The Morgan fingerprint density at radius 2 is 2.12 bits per heavy atom. The smallest absolute Gasteiger partial charge is 0.209 e. The van der Waals surface area contributed by atoms with Crippen molar-refractivity contribution in [2.75, 3.05) is 26.2 Å². The molecule has 0 saturated carbocycles. The topological polar surface area (TPSA) is 47.9 Å². The van der Waals surface area contributed by atoms with E-state index < -0.39 is 0 Å². The van der Waals surface area contributed by atoms with Crippen LogP contribution in [0.1, 0.15) is 13.8 Å². The Hall–Kier alpha value is -1.52. The second-order valence-electron chi connectivity index (χ2n) is 4.26. The second-order valence-corrected chi connectivity index (χ2v) is 4.26. The van der Waals surface area contributed by atoms with Gasteiger partial charge in [-0.1, -0.05) is 0 Å². The van der Waals surface area contributed by atoms with E-state index in [1.807, 2.05) is 4.90 Å². The van der Waals surface area contributed by atoms with E-state index in [1.54, 1.807) is 6.34 Å². The molecular formula is C11H18N4O. The molecule has 1 fully saturated rings. The van der Waals surface area contributed by atoms with Crippen LogP contribution in [0.25, 0.3) is 0 Å². The van der Waals surface area contributed by atoms with Gasteiger partial charge in [-0.2, -0.15) is 0 Å². The van der Waals surface area contributed by atoms with Crippen LogP contribution in [0.5, 0.6) is 0 Å². The van der Waals surface area contributed by atoms with Crippen molar-refractivity contribution in [2.24, 2.45) is 4.99 Å². The summed E-state index contributed by atoms with van der Waals surface area (Å²) in [5.74, 6) is 1.16.